The van der Waals surface area contributed by atoms with Crippen molar-refractivity contribution in [2.45, 2.75) is 13.8 Å². The topological polar surface area (TPSA) is 72.6 Å². The number of aromatic carboxylic acids is 1. The molecule has 1 aromatic carbocycles. The van der Waals surface area contributed by atoms with Crippen LogP contribution in [-0.2, 0) is 0 Å². The number of benzene rings is 1. The van der Waals surface area contributed by atoms with Gasteiger partial charge in [0.05, 0.1) is 18.4 Å². The minimum absolute atomic E-state index is 0.171. The molecule has 1 heterocycles. The Morgan fingerprint density at radius 3 is 2.56 bits per heavy atom. The SMILES string of the molecule is COc1cc(C(=O)O)cc(-c2c(C)noc2C)c1. The van der Waals surface area contributed by atoms with Crippen LogP contribution in [0.5, 0.6) is 5.75 Å². The van der Waals surface area contributed by atoms with Crippen molar-refractivity contribution in [3.63, 3.8) is 0 Å². The maximum Gasteiger partial charge on any atom is 0.335 e. The lowest BCUT2D eigenvalue weighted by Gasteiger charge is -2.06. The Hall–Kier alpha value is -2.30. The van der Waals surface area contributed by atoms with Crippen molar-refractivity contribution in [1.82, 2.24) is 5.16 Å². The summed E-state index contributed by atoms with van der Waals surface area (Å²) in [5, 5.41) is 12.9. The number of methoxy groups -OCH3 is 1. The first-order valence-corrected chi connectivity index (χ1v) is 5.38. The standard InChI is InChI=1S/C13H13NO4/c1-7-12(8(2)18-14-7)9-4-10(13(15)16)6-11(5-9)17-3/h4-6H,1-3H3,(H,15,16). The number of rotatable bonds is 3. The molecule has 1 N–H and O–H groups in total. The number of ether oxygens (including phenoxy) is 1. The van der Waals surface area contributed by atoms with Gasteiger partial charge in [-0.15, -0.1) is 0 Å². The van der Waals surface area contributed by atoms with Gasteiger partial charge >= 0.3 is 5.97 Å². The number of hydrogen-bond donors (Lipinski definition) is 1. The zero-order valence-corrected chi connectivity index (χ0v) is 10.4. The van der Waals surface area contributed by atoms with E-state index < -0.39 is 5.97 Å². The maximum absolute atomic E-state index is 11.1. The second-order valence-corrected chi connectivity index (χ2v) is 3.95. The van der Waals surface area contributed by atoms with Gasteiger partial charge in [-0.25, -0.2) is 4.79 Å². The fourth-order valence-electron chi connectivity index (χ4n) is 1.88. The predicted molar refractivity (Wildman–Crippen MR) is 64.9 cm³/mol. The molecule has 0 atom stereocenters. The van der Waals surface area contributed by atoms with E-state index in [-0.39, 0.29) is 5.56 Å². The molecule has 0 aliphatic rings. The van der Waals surface area contributed by atoms with Crippen molar-refractivity contribution in [3.8, 4) is 16.9 Å². The lowest BCUT2D eigenvalue weighted by atomic mass is 10.0. The summed E-state index contributed by atoms with van der Waals surface area (Å²) in [7, 11) is 1.50. The molecule has 0 unspecified atom stereocenters. The molecule has 0 amide bonds. The van der Waals surface area contributed by atoms with Crippen LogP contribution >= 0.6 is 0 Å². The molecule has 2 rings (SSSR count). The second-order valence-electron chi connectivity index (χ2n) is 3.95. The van der Waals surface area contributed by atoms with Gasteiger partial charge in [0.1, 0.15) is 11.5 Å². The Bertz CT molecular complexity index is 582. The van der Waals surface area contributed by atoms with Crippen LogP contribution in [0, 0.1) is 13.8 Å². The van der Waals surface area contributed by atoms with Crippen molar-refractivity contribution in [2.24, 2.45) is 0 Å². The summed E-state index contributed by atoms with van der Waals surface area (Å²) >= 11 is 0. The number of aromatic nitrogens is 1. The molecular weight excluding hydrogens is 234 g/mol. The summed E-state index contributed by atoms with van der Waals surface area (Å²) in [6.45, 7) is 3.60. The average molecular weight is 247 g/mol. The summed E-state index contributed by atoms with van der Waals surface area (Å²) < 4.78 is 10.2. The van der Waals surface area contributed by atoms with E-state index in [0.717, 1.165) is 16.8 Å². The first kappa shape index (κ1) is 12.2. The molecule has 5 nitrogen and oxygen atoms in total. The second kappa shape index (κ2) is 4.52. The highest BCUT2D eigenvalue weighted by atomic mass is 16.5. The third-order valence-electron chi connectivity index (χ3n) is 2.71. The smallest absolute Gasteiger partial charge is 0.335 e. The van der Waals surface area contributed by atoms with Crippen LogP contribution < -0.4 is 4.74 Å². The highest BCUT2D eigenvalue weighted by Crippen LogP contribution is 2.30. The van der Waals surface area contributed by atoms with E-state index in [2.05, 4.69) is 5.16 Å². The zero-order valence-electron chi connectivity index (χ0n) is 10.4. The predicted octanol–water partition coefficient (Wildman–Crippen LogP) is 2.67. The van der Waals surface area contributed by atoms with Gasteiger partial charge < -0.3 is 14.4 Å². The van der Waals surface area contributed by atoms with Crippen LogP contribution in [0.15, 0.2) is 22.7 Å². The van der Waals surface area contributed by atoms with Crippen LogP contribution in [0.3, 0.4) is 0 Å². The van der Waals surface area contributed by atoms with E-state index in [4.69, 9.17) is 14.4 Å². The first-order valence-electron chi connectivity index (χ1n) is 5.38. The summed E-state index contributed by atoms with van der Waals surface area (Å²) in [5.41, 5.74) is 2.42. The number of hydrogen-bond acceptors (Lipinski definition) is 4. The summed E-state index contributed by atoms with van der Waals surface area (Å²) in [6, 6.07) is 4.82. The third-order valence-corrected chi connectivity index (χ3v) is 2.71. The van der Waals surface area contributed by atoms with Crippen LogP contribution in [0.1, 0.15) is 21.8 Å². The van der Waals surface area contributed by atoms with Crippen LogP contribution in [0.25, 0.3) is 11.1 Å². The van der Waals surface area contributed by atoms with E-state index in [0.29, 0.717) is 11.5 Å². The molecule has 0 aliphatic carbocycles. The minimum Gasteiger partial charge on any atom is -0.497 e. The number of carbonyl (C=O) groups is 1. The van der Waals surface area contributed by atoms with Gasteiger partial charge in [-0.1, -0.05) is 5.16 Å². The monoisotopic (exact) mass is 247 g/mol. The number of nitrogens with zero attached hydrogens (tertiary/aromatic N) is 1. The van der Waals surface area contributed by atoms with Gasteiger partial charge in [0.25, 0.3) is 0 Å². The van der Waals surface area contributed by atoms with Gasteiger partial charge in [0.15, 0.2) is 0 Å². The number of carboxylic acid groups (broad SMARTS) is 1. The highest BCUT2D eigenvalue weighted by Gasteiger charge is 2.15. The van der Waals surface area contributed by atoms with E-state index >= 15 is 0 Å². The van der Waals surface area contributed by atoms with Crippen molar-refractivity contribution < 1.29 is 19.2 Å². The van der Waals surface area contributed by atoms with E-state index in [9.17, 15) is 4.79 Å². The third kappa shape index (κ3) is 2.07. The molecule has 0 saturated carbocycles. The van der Waals surface area contributed by atoms with Crippen molar-refractivity contribution in [1.29, 1.82) is 0 Å². The molecule has 0 saturated heterocycles. The fourth-order valence-corrected chi connectivity index (χ4v) is 1.88. The number of aryl methyl sites for hydroxylation is 2. The van der Waals surface area contributed by atoms with E-state index in [1.807, 2.05) is 6.92 Å². The molecule has 1 aromatic heterocycles. The molecular formula is C13H13NO4. The minimum atomic E-state index is -0.998. The molecule has 94 valence electrons. The van der Waals surface area contributed by atoms with E-state index in [1.165, 1.54) is 13.2 Å². The molecule has 2 aromatic rings. The van der Waals surface area contributed by atoms with Crippen LogP contribution in [0.2, 0.25) is 0 Å². The Kier molecular flexibility index (Phi) is 3.06. The Balaban J connectivity index is 2.64. The molecule has 0 fully saturated rings. The normalized spacial score (nSPS) is 10.4. The lowest BCUT2D eigenvalue weighted by molar-refractivity contribution is 0.0696. The highest BCUT2D eigenvalue weighted by molar-refractivity contribution is 5.90. The van der Waals surface area contributed by atoms with Crippen molar-refractivity contribution >= 4 is 5.97 Å². The van der Waals surface area contributed by atoms with Crippen molar-refractivity contribution in [3.05, 3.63) is 35.2 Å². The van der Waals surface area contributed by atoms with Gasteiger partial charge in [-0.2, -0.15) is 0 Å². The van der Waals surface area contributed by atoms with Crippen molar-refractivity contribution in [2.75, 3.05) is 7.11 Å². The molecule has 0 aliphatic heterocycles. The average Bonchev–Trinajstić information content (AvgIpc) is 2.68. The Labute approximate surface area is 104 Å². The van der Waals surface area contributed by atoms with Crippen LogP contribution in [0.4, 0.5) is 0 Å². The Morgan fingerprint density at radius 2 is 2.06 bits per heavy atom. The summed E-state index contributed by atoms with van der Waals surface area (Å²) in [5.74, 6) is 0.143. The van der Waals surface area contributed by atoms with E-state index in [1.54, 1.807) is 19.1 Å². The van der Waals surface area contributed by atoms with Gasteiger partial charge in [-0.05, 0) is 37.6 Å². The largest absolute Gasteiger partial charge is 0.497 e. The first-order chi connectivity index (χ1) is 8.52. The van der Waals surface area contributed by atoms with Crippen LogP contribution in [-0.4, -0.2) is 23.3 Å². The lowest BCUT2D eigenvalue weighted by Crippen LogP contribution is -1.98. The molecule has 0 bridgehead atoms. The zero-order chi connectivity index (χ0) is 13.3. The summed E-state index contributed by atoms with van der Waals surface area (Å²) in [4.78, 5) is 11.1. The molecule has 0 radical (unpaired) electrons. The Morgan fingerprint density at radius 1 is 1.33 bits per heavy atom. The molecule has 0 spiro atoms. The van der Waals surface area contributed by atoms with Gasteiger partial charge in [-0.3, -0.25) is 0 Å². The number of carboxylic acids is 1. The molecule has 5 heteroatoms. The van der Waals surface area contributed by atoms with Gasteiger partial charge in [0, 0.05) is 5.56 Å². The maximum atomic E-state index is 11.1. The summed E-state index contributed by atoms with van der Waals surface area (Å²) in [6.07, 6.45) is 0. The fraction of sp³-hybridized carbons (Fsp3) is 0.231. The molecule has 18 heavy (non-hydrogen) atoms. The van der Waals surface area contributed by atoms with Gasteiger partial charge in [0.2, 0.25) is 0 Å². The quantitative estimate of drug-likeness (QED) is 0.902.